The molecule has 3 aromatic heterocycles. The highest BCUT2D eigenvalue weighted by Gasteiger charge is 2.18. The fourth-order valence-corrected chi connectivity index (χ4v) is 3.79. The van der Waals surface area contributed by atoms with Crippen molar-refractivity contribution in [3.8, 4) is 0 Å². The largest absolute Gasteiger partial charge is 0.370 e. The molecular weight excluding hydrogens is 358 g/mol. The third-order valence-corrected chi connectivity index (χ3v) is 5.45. The smallest absolute Gasteiger partial charge is 0.267 e. The van der Waals surface area contributed by atoms with Crippen LogP contribution in [-0.4, -0.2) is 59.3 Å². The summed E-state index contributed by atoms with van der Waals surface area (Å²) in [4.78, 5) is 31.6. The number of carbonyl (C=O) groups is 1. The Kier molecular flexibility index (Phi) is 5.15. The monoisotopic (exact) mass is 384 g/mol. The Morgan fingerprint density at radius 2 is 2.11 bits per heavy atom. The normalized spacial score (nSPS) is 15.4. The van der Waals surface area contributed by atoms with Gasteiger partial charge in [-0.3, -0.25) is 14.0 Å². The molecule has 4 rings (SSSR count). The summed E-state index contributed by atoms with van der Waals surface area (Å²) in [6.07, 6.45) is 2.62. The molecule has 1 aliphatic rings. The first kappa shape index (κ1) is 18.6. The van der Waals surface area contributed by atoms with Crippen LogP contribution in [0, 0.1) is 6.92 Å². The predicted octanol–water partition coefficient (Wildman–Crippen LogP) is -0.470. The van der Waals surface area contributed by atoms with Crippen molar-refractivity contribution in [1.82, 2.24) is 19.3 Å². The number of carbonyl (C=O) groups excluding carboxylic acids is 1. The van der Waals surface area contributed by atoms with Gasteiger partial charge in [0.15, 0.2) is 0 Å². The first-order valence-electron chi connectivity index (χ1n) is 9.73. The number of rotatable bonds is 5. The average Bonchev–Trinajstić information content (AvgIpc) is 3.04. The quantitative estimate of drug-likeness (QED) is 0.583. The topological polar surface area (TPSA) is 82.1 Å². The summed E-state index contributed by atoms with van der Waals surface area (Å²) in [5, 5.41) is 3.42. The second-order valence-corrected chi connectivity index (χ2v) is 7.35. The molecule has 0 aliphatic carbocycles. The van der Waals surface area contributed by atoms with E-state index in [0.717, 1.165) is 44.8 Å². The lowest BCUT2D eigenvalue weighted by Gasteiger charge is -2.23. The lowest BCUT2D eigenvalue weighted by molar-refractivity contribution is -0.908. The van der Waals surface area contributed by atoms with Crippen molar-refractivity contribution in [2.24, 2.45) is 7.05 Å². The summed E-state index contributed by atoms with van der Waals surface area (Å²) >= 11 is 0. The van der Waals surface area contributed by atoms with Crippen LogP contribution in [0.5, 0.6) is 0 Å². The first-order valence-corrected chi connectivity index (χ1v) is 9.73. The van der Waals surface area contributed by atoms with Gasteiger partial charge in [0.1, 0.15) is 30.1 Å². The molecule has 148 valence electrons. The minimum atomic E-state index is -0.178. The molecule has 0 spiro atoms. The van der Waals surface area contributed by atoms with Gasteiger partial charge in [-0.25, -0.2) is 4.98 Å². The Morgan fingerprint density at radius 1 is 1.32 bits per heavy atom. The zero-order valence-corrected chi connectivity index (χ0v) is 16.3. The van der Waals surface area contributed by atoms with Crippen LogP contribution in [0.15, 0.2) is 29.2 Å². The van der Waals surface area contributed by atoms with Gasteiger partial charge in [0.25, 0.3) is 11.5 Å². The molecule has 8 nitrogen and oxygen atoms in total. The van der Waals surface area contributed by atoms with Crippen LogP contribution in [-0.2, 0) is 11.8 Å². The minimum absolute atomic E-state index is 0.158. The van der Waals surface area contributed by atoms with Crippen molar-refractivity contribution in [2.75, 3.05) is 39.4 Å². The summed E-state index contributed by atoms with van der Waals surface area (Å²) in [5.41, 5.74) is 2.35. The molecule has 2 N–H and O–H groups in total. The Balaban J connectivity index is 1.52. The van der Waals surface area contributed by atoms with E-state index in [1.165, 1.54) is 9.30 Å². The molecule has 0 unspecified atom stereocenters. The van der Waals surface area contributed by atoms with Gasteiger partial charge in [-0.15, -0.1) is 0 Å². The van der Waals surface area contributed by atoms with Crippen LogP contribution >= 0.6 is 0 Å². The van der Waals surface area contributed by atoms with Crippen LogP contribution in [0.2, 0.25) is 0 Å². The van der Waals surface area contributed by atoms with E-state index in [4.69, 9.17) is 4.74 Å². The number of ether oxygens (including phenoxy) is 1. The highest BCUT2D eigenvalue weighted by Crippen LogP contribution is 2.16. The molecule has 28 heavy (non-hydrogen) atoms. The molecule has 4 heterocycles. The molecule has 0 atom stereocenters. The van der Waals surface area contributed by atoms with Gasteiger partial charge >= 0.3 is 0 Å². The number of morpholine rings is 1. The molecule has 8 heteroatoms. The van der Waals surface area contributed by atoms with Gasteiger partial charge in [-0.05, 0) is 24.6 Å². The lowest BCUT2D eigenvalue weighted by atomic mass is 10.3. The van der Waals surface area contributed by atoms with E-state index in [1.54, 1.807) is 23.9 Å². The van der Waals surface area contributed by atoms with Crippen molar-refractivity contribution in [3.05, 3.63) is 46.0 Å². The molecule has 1 fully saturated rings. The Hall–Kier alpha value is -2.71. The number of pyridine rings is 1. The van der Waals surface area contributed by atoms with E-state index in [9.17, 15) is 9.59 Å². The van der Waals surface area contributed by atoms with Crippen LogP contribution in [0.25, 0.3) is 16.7 Å². The van der Waals surface area contributed by atoms with Gasteiger partial charge in [0.2, 0.25) is 0 Å². The maximum absolute atomic E-state index is 12.8. The van der Waals surface area contributed by atoms with E-state index >= 15 is 0 Å². The number of hydrogen-bond acceptors (Lipinski definition) is 4. The maximum atomic E-state index is 12.8. The van der Waals surface area contributed by atoms with Crippen molar-refractivity contribution >= 4 is 22.6 Å². The highest BCUT2D eigenvalue weighted by molar-refractivity contribution is 5.98. The maximum Gasteiger partial charge on any atom is 0.267 e. The molecule has 0 saturated carbocycles. The number of quaternary nitrogens is 1. The number of aromatic nitrogens is 3. The standard InChI is InChI=1S/C20H25N5O3/c1-14-5-3-8-25-17(14)22-18-15(20(25)27)13-16(23(18)2)19(26)21-6-4-7-24-9-11-28-12-10-24/h3,5,8,13H,4,6-7,9-12H2,1-2H3,(H,21,26)/p+1. The average molecular weight is 384 g/mol. The molecule has 1 amide bonds. The summed E-state index contributed by atoms with van der Waals surface area (Å²) < 4.78 is 8.60. The summed E-state index contributed by atoms with van der Waals surface area (Å²) in [7, 11) is 1.77. The van der Waals surface area contributed by atoms with E-state index in [2.05, 4.69) is 10.3 Å². The van der Waals surface area contributed by atoms with Crippen LogP contribution in [0.4, 0.5) is 0 Å². The van der Waals surface area contributed by atoms with Crippen molar-refractivity contribution < 1.29 is 14.4 Å². The summed E-state index contributed by atoms with van der Waals surface area (Å²) in [6, 6.07) is 5.38. The number of aryl methyl sites for hydroxylation is 2. The zero-order valence-electron chi connectivity index (χ0n) is 16.3. The lowest BCUT2D eigenvalue weighted by Crippen LogP contribution is -3.14. The predicted molar refractivity (Wildman–Crippen MR) is 106 cm³/mol. The number of nitrogens with one attached hydrogen (secondary N) is 2. The van der Waals surface area contributed by atoms with Gasteiger partial charge in [-0.2, -0.15) is 0 Å². The summed E-state index contributed by atoms with van der Waals surface area (Å²) in [6.45, 7) is 7.23. The third-order valence-electron chi connectivity index (χ3n) is 5.45. The molecular formula is C20H26N5O3+. The van der Waals surface area contributed by atoms with Crippen LogP contribution < -0.4 is 15.8 Å². The van der Waals surface area contributed by atoms with E-state index in [1.807, 2.05) is 19.1 Å². The molecule has 1 aliphatic heterocycles. The first-order chi connectivity index (χ1) is 13.6. The van der Waals surface area contributed by atoms with Gasteiger partial charge in [0.05, 0.1) is 25.1 Å². The van der Waals surface area contributed by atoms with Crippen molar-refractivity contribution in [2.45, 2.75) is 13.3 Å². The Labute approximate surface area is 162 Å². The van der Waals surface area contributed by atoms with Gasteiger partial charge in [-0.1, -0.05) is 6.07 Å². The van der Waals surface area contributed by atoms with E-state index in [0.29, 0.717) is 28.9 Å². The second kappa shape index (κ2) is 7.73. The number of amides is 1. The zero-order chi connectivity index (χ0) is 19.7. The molecule has 1 saturated heterocycles. The third kappa shape index (κ3) is 3.41. The molecule has 0 bridgehead atoms. The van der Waals surface area contributed by atoms with E-state index < -0.39 is 0 Å². The van der Waals surface area contributed by atoms with Crippen molar-refractivity contribution in [1.29, 1.82) is 0 Å². The van der Waals surface area contributed by atoms with Crippen LogP contribution in [0.1, 0.15) is 22.5 Å². The fraction of sp³-hybridized carbons (Fsp3) is 0.450. The SMILES string of the molecule is Cc1cccn2c(=O)c3cc(C(=O)NCCC[NH+]4CCOCC4)n(C)c3nc12. The summed E-state index contributed by atoms with van der Waals surface area (Å²) in [5.74, 6) is -0.178. The highest BCUT2D eigenvalue weighted by atomic mass is 16.5. The number of fused-ring (bicyclic) bond motifs is 2. The molecule has 0 aromatic carbocycles. The van der Waals surface area contributed by atoms with Gasteiger partial charge in [0, 0.05) is 26.2 Å². The van der Waals surface area contributed by atoms with E-state index in [-0.39, 0.29) is 11.5 Å². The molecule has 3 aromatic rings. The number of hydrogen-bond donors (Lipinski definition) is 2. The second-order valence-electron chi connectivity index (χ2n) is 7.35. The fourth-order valence-electron chi connectivity index (χ4n) is 3.79. The van der Waals surface area contributed by atoms with Gasteiger partial charge < -0.3 is 19.5 Å². The van der Waals surface area contributed by atoms with Crippen LogP contribution in [0.3, 0.4) is 0 Å². The Morgan fingerprint density at radius 3 is 2.89 bits per heavy atom. The Bertz CT molecular complexity index is 1080. The number of nitrogens with zero attached hydrogens (tertiary/aromatic N) is 3. The van der Waals surface area contributed by atoms with Crippen molar-refractivity contribution in [3.63, 3.8) is 0 Å². The minimum Gasteiger partial charge on any atom is -0.370 e. The molecule has 0 radical (unpaired) electrons.